The Labute approximate surface area is 109 Å². The van der Waals surface area contributed by atoms with Gasteiger partial charge in [0.25, 0.3) is 0 Å². The topological polar surface area (TPSA) is 86.6 Å². The molecule has 0 radical (unpaired) electrons. The Morgan fingerprint density at radius 3 is 2.22 bits per heavy atom. The molecule has 1 aliphatic rings. The molecule has 6 heteroatoms. The van der Waals surface area contributed by atoms with Gasteiger partial charge in [0.2, 0.25) is 0 Å². The highest BCUT2D eigenvalue weighted by Gasteiger charge is 2.10. The molecule has 0 aliphatic carbocycles. The van der Waals surface area contributed by atoms with Gasteiger partial charge in [-0.2, -0.15) is 0 Å². The Balaban J connectivity index is 0.000000232. The highest BCUT2D eigenvalue weighted by Crippen LogP contribution is 2.38. The van der Waals surface area contributed by atoms with Gasteiger partial charge in [0.15, 0.2) is 0 Å². The van der Waals surface area contributed by atoms with Crippen molar-refractivity contribution in [3.63, 3.8) is 0 Å². The summed E-state index contributed by atoms with van der Waals surface area (Å²) in [5.41, 5.74) is 2.49. The number of carbonyl (C=O) groups is 2. The van der Waals surface area contributed by atoms with Crippen molar-refractivity contribution >= 4 is 29.4 Å². The first-order valence-corrected chi connectivity index (χ1v) is 5.91. The van der Waals surface area contributed by atoms with E-state index < -0.39 is 11.9 Å². The Morgan fingerprint density at radius 2 is 1.67 bits per heavy atom. The van der Waals surface area contributed by atoms with Crippen molar-refractivity contribution in [2.75, 3.05) is 5.32 Å². The lowest BCUT2D eigenvalue weighted by molar-refractivity contribution is -0.159. The molecule has 0 bridgehead atoms. The molecule has 1 aromatic carbocycles. The fraction of sp³-hybridized carbons (Fsp3) is 0.167. The third-order valence-electron chi connectivity index (χ3n) is 2.18. The van der Waals surface area contributed by atoms with E-state index in [2.05, 4.69) is 43.4 Å². The highest BCUT2D eigenvalue weighted by atomic mass is 32.2. The molecule has 0 fully saturated rings. The zero-order valence-electron chi connectivity index (χ0n) is 9.93. The van der Waals surface area contributed by atoms with Gasteiger partial charge in [-0.05, 0) is 26.0 Å². The fourth-order valence-corrected chi connectivity index (χ4v) is 2.10. The van der Waals surface area contributed by atoms with E-state index in [9.17, 15) is 0 Å². The second-order valence-electron chi connectivity index (χ2n) is 3.51. The molecule has 1 aromatic rings. The summed E-state index contributed by atoms with van der Waals surface area (Å²) in [6.45, 7) is 4.25. The van der Waals surface area contributed by atoms with E-state index in [1.165, 1.54) is 21.2 Å². The molecular weight excluding hydrogens is 254 g/mol. The summed E-state index contributed by atoms with van der Waals surface area (Å²) >= 11 is 1.84. The Kier molecular flexibility index (Phi) is 4.79. The van der Waals surface area contributed by atoms with Gasteiger partial charge in [-0.15, -0.1) is 0 Å². The highest BCUT2D eigenvalue weighted by molar-refractivity contribution is 8.03. The maximum atomic E-state index is 9.10. The van der Waals surface area contributed by atoms with Crippen LogP contribution in [0.25, 0.3) is 0 Å². The molecule has 0 spiro atoms. The molecule has 3 N–H and O–H groups in total. The van der Waals surface area contributed by atoms with Gasteiger partial charge in [0, 0.05) is 15.5 Å². The quantitative estimate of drug-likeness (QED) is 0.626. The average molecular weight is 267 g/mol. The Bertz CT molecular complexity index is 466. The lowest BCUT2D eigenvalue weighted by Gasteiger charge is -2.19. The SMILES string of the molecule is CC1=C(C)Sc2ccccc2N1.O=C(O)C(=O)O. The van der Waals surface area contributed by atoms with E-state index in [-0.39, 0.29) is 0 Å². The minimum absolute atomic E-state index is 1.23. The summed E-state index contributed by atoms with van der Waals surface area (Å²) in [5.74, 6) is -3.65. The van der Waals surface area contributed by atoms with Crippen LogP contribution in [0.2, 0.25) is 0 Å². The number of benzene rings is 1. The van der Waals surface area contributed by atoms with E-state index in [1.54, 1.807) is 0 Å². The number of hydrogen-bond acceptors (Lipinski definition) is 4. The average Bonchev–Trinajstić information content (AvgIpc) is 2.31. The number of thioether (sulfide) groups is 1. The first kappa shape index (κ1) is 14.1. The van der Waals surface area contributed by atoms with Crippen LogP contribution in [0.15, 0.2) is 39.8 Å². The van der Waals surface area contributed by atoms with Crippen molar-refractivity contribution in [2.45, 2.75) is 18.7 Å². The van der Waals surface area contributed by atoms with Gasteiger partial charge in [-0.1, -0.05) is 23.9 Å². The van der Waals surface area contributed by atoms with Crippen LogP contribution < -0.4 is 5.32 Å². The maximum absolute atomic E-state index is 9.10. The first-order valence-electron chi connectivity index (χ1n) is 5.09. The number of allylic oxidation sites excluding steroid dienone is 2. The first-order chi connectivity index (χ1) is 8.41. The molecule has 1 aliphatic heterocycles. The zero-order valence-corrected chi connectivity index (χ0v) is 10.7. The zero-order chi connectivity index (χ0) is 13.7. The molecule has 1 heterocycles. The third-order valence-corrected chi connectivity index (χ3v) is 3.37. The standard InChI is InChI=1S/C10H11NS.C2H2O4/c1-7-8(2)12-10-6-4-3-5-9(10)11-7;3-1(4)2(5)6/h3-6,11H,1-2H3;(H,3,4)(H,5,6). The van der Waals surface area contributed by atoms with Crippen LogP contribution in [0.5, 0.6) is 0 Å². The summed E-state index contributed by atoms with van der Waals surface area (Å²) in [6, 6.07) is 8.38. The van der Waals surface area contributed by atoms with Crippen LogP contribution >= 0.6 is 11.8 Å². The van der Waals surface area contributed by atoms with Crippen LogP contribution in [-0.4, -0.2) is 22.2 Å². The lowest BCUT2D eigenvalue weighted by Crippen LogP contribution is -2.09. The molecular formula is C12H13NO4S. The number of carboxylic acids is 2. The summed E-state index contributed by atoms with van der Waals surface area (Å²) in [4.78, 5) is 20.9. The van der Waals surface area contributed by atoms with Crippen LogP contribution in [0.3, 0.4) is 0 Å². The van der Waals surface area contributed by atoms with Gasteiger partial charge in [0.1, 0.15) is 0 Å². The largest absolute Gasteiger partial charge is 0.473 e. The van der Waals surface area contributed by atoms with Gasteiger partial charge in [-0.3, -0.25) is 0 Å². The van der Waals surface area contributed by atoms with Gasteiger partial charge >= 0.3 is 11.9 Å². The fourth-order valence-electron chi connectivity index (χ4n) is 1.19. The number of aliphatic carboxylic acids is 2. The van der Waals surface area contributed by atoms with Crippen molar-refractivity contribution in [3.8, 4) is 0 Å². The molecule has 0 aromatic heterocycles. The van der Waals surface area contributed by atoms with Gasteiger partial charge < -0.3 is 15.5 Å². The molecule has 0 unspecified atom stereocenters. The molecule has 0 atom stereocenters. The van der Waals surface area contributed by atoms with Gasteiger partial charge in [-0.25, -0.2) is 9.59 Å². The third kappa shape index (κ3) is 3.81. The van der Waals surface area contributed by atoms with Crippen molar-refractivity contribution in [2.24, 2.45) is 0 Å². The summed E-state index contributed by atoms with van der Waals surface area (Å²) < 4.78 is 0. The molecule has 2 rings (SSSR count). The van der Waals surface area contributed by atoms with E-state index in [0.717, 1.165) is 0 Å². The number of anilines is 1. The molecule has 0 saturated heterocycles. The minimum atomic E-state index is -1.82. The lowest BCUT2D eigenvalue weighted by atomic mass is 10.3. The van der Waals surface area contributed by atoms with E-state index >= 15 is 0 Å². The van der Waals surface area contributed by atoms with Crippen molar-refractivity contribution < 1.29 is 19.8 Å². The number of nitrogens with one attached hydrogen (secondary N) is 1. The Hall–Kier alpha value is -1.95. The maximum Gasteiger partial charge on any atom is 0.414 e. The van der Waals surface area contributed by atoms with Crippen LogP contribution in [0.4, 0.5) is 5.69 Å². The summed E-state index contributed by atoms with van der Waals surface area (Å²) in [6.07, 6.45) is 0. The van der Waals surface area contributed by atoms with Crippen molar-refractivity contribution in [1.82, 2.24) is 0 Å². The second kappa shape index (κ2) is 6.11. The number of fused-ring (bicyclic) bond motifs is 1. The monoisotopic (exact) mass is 267 g/mol. The number of hydrogen-bond donors (Lipinski definition) is 3. The van der Waals surface area contributed by atoms with Crippen LogP contribution in [0.1, 0.15) is 13.8 Å². The molecule has 5 nitrogen and oxygen atoms in total. The van der Waals surface area contributed by atoms with E-state index in [0.29, 0.717) is 0 Å². The summed E-state index contributed by atoms with van der Waals surface area (Å²) in [7, 11) is 0. The smallest absolute Gasteiger partial charge is 0.414 e. The number of rotatable bonds is 0. The summed E-state index contributed by atoms with van der Waals surface area (Å²) in [5, 5.41) is 18.2. The molecule has 0 amide bonds. The Morgan fingerprint density at radius 1 is 1.11 bits per heavy atom. The predicted molar refractivity (Wildman–Crippen MR) is 69.6 cm³/mol. The molecule has 96 valence electrons. The normalized spacial score (nSPS) is 12.8. The van der Waals surface area contributed by atoms with Crippen LogP contribution in [-0.2, 0) is 9.59 Å². The van der Waals surface area contributed by atoms with Crippen molar-refractivity contribution in [3.05, 3.63) is 34.9 Å². The minimum Gasteiger partial charge on any atom is -0.473 e. The van der Waals surface area contributed by atoms with Gasteiger partial charge in [0.05, 0.1) is 5.69 Å². The van der Waals surface area contributed by atoms with E-state index in [4.69, 9.17) is 19.8 Å². The molecule has 0 saturated carbocycles. The van der Waals surface area contributed by atoms with Crippen LogP contribution in [0, 0.1) is 0 Å². The van der Waals surface area contributed by atoms with Crippen molar-refractivity contribution in [1.29, 1.82) is 0 Å². The number of para-hydroxylation sites is 1. The molecule has 18 heavy (non-hydrogen) atoms. The predicted octanol–water partition coefficient (Wildman–Crippen LogP) is 2.61. The van der Waals surface area contributed by atoms with E-state index in [1.807, 2.05) is 11.8 Å². The second-order valence-corrected chi connectivity index (χ2v) is 4.77. The number of carboxylic acid groups (broad SMARTS) is 2.